The molecular weight excluding hydrogens is 368 g/mol. The summed E-state index contributed by atoms with van der Waals surface area (Å²) in [6, 6.07) is 1.97. The standard InChI is InChI=1S/C12H11BrN8S/c1-6-4-8(19(2)17-6)10-15-16-12-21(10)18-11(22-12)9-7(13)5-14-20(9)3/h4-5H,1-3H3. The Labute approximate surface area is 137 Å². The molecule has 0 spiro atoms. The fourth-order valence-corrected chi connectivity index (χ4v) is 3.94. The summed E-state index contributed by atoms with van der Waals surface area (Å²) < 4.78 is 6.21. The van der Waals surface area contributed by atoms with Gasteiger partial charge in [-0.05, 0) is 28.9 Å². The van der Waals surface area contributed by atoms with Crippen LogP contribution in [-0.4, -0.2) is 39.4 Å². The molecule has 0 saturated heterocycles. The van der Waals surface area contributed by atoms with Gasteiger partial charge in [0.1, 0.15) is 11.4 Å². The zero-order valence-electron chi connectivity index (χ0n) is 12.0. The van der Waals surface area contributed by atoms with Gasteiger partial charge in [0.15, 0.2) is 5.01 Å². The van der Waals surface area contributed by atoms with Crippen molar-refractivity contribution in [1.29, 1.82) is 0 Å². The second kappa shape index (κ2) is 4.71. The number of hydrogen-bond donors (Lipinski definition) is 0. The van der Waals surface area contributed by atoms with Crippen LogP contribution in [0, 0.1) is 6.92 Å². The minimum Gasteiger partial charge on any atom is -0.264 e. The zero-order valence-corrected chi connectivity index (χ0v) is 14.4. The molecule has 0 fully saturated rings. The monoisotopic (exact) mass is 378 g/mol. The molecule has 0 aromatic carbocycles. The van der Waals surface area contributed by atoms with E-state index in [1.54, 1.807) is 20.1 Å². The molecule has 112 valence electrons. The van der Waals surface area contributed by atoms with Crippen LogP contribution >= 0.6 is 27.3 Å². The first-order valence-electron chi connectivity index (χ1n) is 6.45. The average molecular weight is 379 g/mol. The highest BCUT2D eigenvalue weighted by Gasteiger charge is 2.20. The fourth-order valence-electron chi connectivity index (χ4n) is 2.34. The average Bonchev–Trinajstić information content (AvgIpc) is 3.16. The molecule has 0 N–H and O–H groups in total. The smallest absolute Gasteiger partial charge is 0.235 e. The molecule has 0 unspecified atom stereocenters. The predicted molar refractivity (Wildman–Crippen MR) is 85.5 cm³/mol. The van der Waals surface area contributed by atoms with Crippen LogP contribution < -0.4 is 0 Å². The van der Waals surface area contributed by atoms with E-state index < -0.39 is 0 Å². The lowest BCUT2D eigenvalue weighted by atomic mass is 10.3. The van der Waals surface area contributed by atoms with Gasteiger partial charge in [0.2, 0.25) is 10.8 Å². The van der Waals surface area contributed by atoms with Crippen LogP contribution in [0.15, 0.2) is 16.7 Å². The van der Waals surface area contributed by atoms with E-state index >= 15 is 0 Å². The Hall–Kier alpha value is -2.07. The van der Waals surface area contributed by atoms with E-state index in [4.69, 9.17) is 0 Å². The van der Waals surface area contributed by atoms with Gasteiger partial charge >= 0.3 is 0 Å². The van der Waals surface area contributed by atoms with Crippen molar-refractivity contribution < 1.29 is 0 Å². The van der Waals surface area contributed by atoms with E-state index in [1.165, 1.54) is 11.3 Å². The Morgan fingerprint density at radius 1 is 1.14 bits per heavy atom. The molecule has 0 radical (unpaired) electrons. The van der Waals surface area contributed by atoms with E-state index in [1.807, 2.05) is 27.1 Å². The highest BCUT2D eigenvalue weighted by atomic mass is 79.9. The van der Waals surface area contributed by atoms with Gasteiger partial charge in [-0.15, -0.1) is 10.2 Å². The highest BCUT2D eigenvalue weighted by molar-refractivity contribution is 9.10. The fraction of sp³-hybridized carbons (Fsp3) is 0.250. The number of rotatable bonds is 2. The van der Waals surface area contributed by atoms with Crippen molar-refractivity contribution in [3.63, 3.8) is 0 Å². The molecule has 0 bridgehead atoms. The van der Waals surface area contributed by atoms with Crippen LogP contribution in [0.1, 0.15) is 5.69 Å². The first-order valence-corrected chi connectivity index (χ1v) is 8.06. The normalized spacial score (nSPS) is 11.6. The van der Waals surface area contributed by atoms with Gasteiger partial charge in [-0.2, -0.15) is 19.8 Å². The van der Waals surface area contributed by atoms with Crippen molar-refractivity contribution in [3.8, 4) is 22.2 Å². The molecule has 0 aliphatic rings. The first kappa shape index (κ1) is 13.6. The van der Waals surface area contributed by atoms with Gasteiger partial charge in [0, 0.05) is 14.1 Å². The van der Waals surface area contributed by atoms with Crippen molar-refractivity contribution in [2.45, 2.75) is 6.92 Å². The Balaban J connectivity index is 1.92. The van der Waals surface area contributed by atoms with Crippen LogP contribution in [0.25, 0.3) is 27.2 Å². The third-order valence-electron chi connectivity index (χ3n) is 3.32. The quantitative estimate of drug-likeness (QED) is 0.533. The van der Waals surface area contributed by atoms with Gasteiger partial charge < -0.3 is 0 Å². The van der Waals surface area contributed by atoms with E-state index in [0.717, 1.165) is 31.5 Å². The van der Waals surface area contributed by atoms with Crippen LogP contribution in [0.5, 0.6) is 0 Å². The summed E-state index contributed by atoms with van der Waals surface area (Å²) in [6.45, 7) is 1.95. The molecule has 22 heavy (non-hydrogen) atoms. The van der Waals surface area contributed by atoms with Crippen molar-refractivity contribution in [2.75, 3.05) is 0 Å². The van der Waals surface area contributed by atoms with Crippen molar-refractivity contribution in [1.82, 2.24) is 39.4 Å². The predicted octanol–water partition coefficient (Wildman–Crippen LogP) is 2.06. The van der Waals surface area contributed by atoms with Gasteiger partial charge in [0.25, 0.3) is 0 Å². The molecule has 4 aromatic heterocycles. The van der Waals surface area contributed by atoms with Crippen molar-refractivity contribution in [2.24, 2.45) is 14.1 Å². The number of halogens is 1. The second-order valence-electron chi connectivity index (χ2n) is 4.88. The van der Waals surface area contributed by atoms with E-state index in [2.05, 4.69) is 41.4 Å². The van der Waals surface area contributed by atoms with Gasteiger partial charge in [0.05, 0.1) is 16.4 Å². The zero-order chi connectivity index (χ0) is 15.4. The van der Waals surface area contributed by atoms with Crippen LogP contribution in [0.2, 0.25) is 0 Å². The molecular formula is C12H11BrN8S. The summed E-state index contributed by atoms with van der Waals surface area (Å²) in [6.07, 6.45) is 1.75. The first-order chi connectivity index (χ1) is 10.5. The lowest BCUT2D eigenvalue weighted by molar-refractivity contribution is 0.753. The molecule has 0 aliphatic heterocycles. The van der Waals surface area contributed by atoms with Crippen molar-refractivity contribution >= 4 is 32.2 Å². The maximum absolute atomic E-state index is 4.64. The van der Waals surface area contributed by atoms with E-state index in [0.29, 0.717) is 5.82 Å². The van der Waals surface area contributed by atoms with Gasteiger partial charge in [-0.1, -0.05) is 11.3 Å². The maximum Gasteiger partial charge on any atom is 0.235 e. The summed E-state index contributed by atoms with van der Waals surface area (Å²) in [5.74, 6) is 0.680. The number of fused-ring (bicyclic) bond motifs is 1. The summed E-state index contributed by atoms with van der Waals surface area (Å²) >= 11 is 4.97. The summed E-state index contributed by atoms with van der Waals surface area (Å²) in [5, 5.41) is 22.5. The van der Waals surface area contributed by atoms with Gasteiger partial charge in [-0.3, -0.25) is 9.36 Å². The maximum atomic E-state index is 4.64. The largest absolute Gasteiger partial charge is 0.264 e. The topological polar surface area (TPSA) is 78.7 Å². The molecule has 0 amide bonds. The minimum atomic E-state index is 0.680. The SMILES string of the molecule is Cc1cc(-c2nnc3sc(-c4c(Br)cnn4C)nn23)n(C)n1. The van der Waals surface area contributed by atoms with E-state index in [9.17, 15) is 0 Å². The number of nitrogens with zero attached hydrogens (tertiary/aromatic N) is 8. The molecule has 0 saturated carbocycles. The van der Waals surface area contributed by atoms with Crippen LogP contribution in [0.3, 0.4) is 0 Å². The molecule has 0 atom stereocenters. The third-order valence-corrected chi connectivity index (χ3v) is 4.80. The molecule has 0 aliphatic carbocycles. The number of aryl methyl sites for hydroxylation is 3. The summed E-state index contributed by atoms with van der Waals surface area (Å²) in [5.41, 5.74) is 2.73. The second-order valence-corrected chi connectivity index (χ2v) is 6.69. The molecule has 8 nitrogen and oxygen atoms in total. The Kier molecular flexibility index (Phi) is 2.91. The molecule has 4 heterocycles. The molecule has 10 heteroatoms. The van der Waals surface area contributed by atoms with E-state index in [-0.39, 0.29) is 0 Å². The lowest BCUT2D eigenvalue weighted by Gasteiger charge is -1.98. The Morgan fingerprint density at radius 2 is 1.95 bits per heavy atom. The Bertz CT molecular complexity index is 971. The molecule has 4 rings (SSSR count). The van der Waals surface area contributed by atoms with Crippen LogP contribution in [0.4, 0.5) is 0 Å². The third kappa shape index (κ3) is 1.91. The highest BCUT2D eigenvalue weighted by Crippen LogP contribution is 2.32. The van der Waals surface area contributed by atoms with Gasteiger partial charge in [-0.25, -0.2) is 0 Å². The molecule has 4 aromatic rings. The van der Waals surface area contributed by atoms with Crippen molar-refractivity contribution in [3.05, 3.63) is 22.4 Å². The Morgan fingerprint density at radius 3 is 2.59 bits per heavy atom. The summed E-state index contributed by atoms with van der Waals surface area (Å²) in [7, 11) is 3.77. The summed E-state index contributed by atoms with van der Waals surface area (Å²) in [4.78, 5) is 0.733. The number of aromatic nitrogens is 8. The van der Waals surface area contributed by atoms with Crippen LogP contribution in [-0.2, 0) is 14.1 Å². The number of hydrogen-bond acceptors (Lipinski definition) is 6. The lowest BCUT2D eigenvalue weighted by Crippen LogP contribution is -1.99. The minimum absolute atomic E-state index is 0.680.